The van der Waals surface area contributed by atoms with Crippen molar-refractivity contribution in [3.05, 3.63) is 35.9 Å². The standard InChI is InChI=1S/C17H26N2O2/c1-18(2)12-15(13-19(3)4)17(20)11-8-14-6-9-16(21-5)10-7-14/h6-11,15H,12-13H2,1-5H3/b11-8+. The van der Waals surface area contributed by atoms with Crippen molar-refractivity contribution in [2.75, 3.05) is 48.4 Å². The van der Waals surface area contributed by atoms with E-state index in [-0.39, 0.29) is 11.7 Å². The lowest BCUT2D eigenvalue weighted by molar-refractivity contribution is -0.119. The summed E-state index contributed by atoms with van der Waals surface area (Å²) in [5.41, 5.74) is 0.998. The van der Waals surface area contributed by atoms with E-state index in [2.05, 4.69) is 0 Å². The molecule has 21 heavy (non-hydrogen) atoms. The molecule has 0 N–H and O–H groups in total. The lowest BCUT2D eigenvalue weighted by atomic mass is 10.0. The number of ether oxygens (including phenoxy) is 1. The first-order valence-electron chi connectivity index (χ1n) is 7.08. The molecule has 4 nitrogen and oxygen atoms in total. The summed E-state index contributed by atoms with van der Waals surface area (Å²) in [6.45, 7) is 1.51. The van der Waals surface area contributed by atoms with Gasteiger partial charge in [-0.1, -0.05) is 18.2 Å². The van der Waals surface area contributed by atoms with E-state index in [0.29, 0.717) is 0 Å². The summed E-state index contributed by atoms with van der Waals surface area (Å²) in [4.78, 5) is 16.4. The molecule has 0 spiro atoms. The maximum atomic E-state index is 12.3. The molecule has 0 aromatic heterocycles. The van der Waals surface area contributed by atoms with Crippen LogP contribution in [0.1, 0.15) is 5.56 Å². The zero-order chi connectivity index (χ0) is 15.8. The van der Waals surface area contributed by atoms with E-state index >= 15 is 0 Å². The molecule has 0 radical (unpaired) electrons. The molecule has 1 aromatic carbocycles. The van der Waals surface area contributed by atoms with Crippen LogP contribution in [-0.2, 0) is 4.79 Å². The largest absolute Gasteiger partial charge is 0.497 e. The van der Waals surface area contributed by atoms with Crippen LogP contribution in [0, 0.1) is 5.92 Å². The Morgan fingerprint density at radius 3 is 2.05 bits per heavy atom. The number of hydrogen-bond acceptors (Lipinski definition) is 4. The molecule has 0 aliphatic carbocycles. The molecular weight excluding hydrogens is 264 g/mol. The third kappa shape index (κ3) is 6.56. The molecule has 1 aromatic rings. The predicted octanol–water partition coefficient (Wildman–Crippen LogP) is 2.02. The number of hydrogen-bond donors (Lipinski definition) is 0. The van der Waals surface area contributed by atoms with Gasteiger partial charge in [0, 0.05) is 19.0 Å². The van der Waals surface area contributed by atoms with Crippen LogP contribution in [0.25, 0.3) is 6.08 Å². The molecular formula is C17H26N2O2. The second-order valence-electron chi connectivity index (χ2n) is 5.73. The van der Waals surface area contributed by atoms with Crippen LogP contribution in [-0.4, -0.2) is 64.0 Å². The molecule has 0 bridgehead atoms. The van der Waals surface area contributed by atoms with Gasteiger partial charge >= 0.3 is 0 Å². The van der Waals surface area contributed by atoms with Gasteiger partial charge in [-0.15, -0.1) is 0 Å². The summed E-state index contributed by atoms with van der Waals surface area (Å²) in [6.07, 6.45) is 3.54. The van der Waals surface area contributed by atoms with Gasteiger partial charge in [-0.2, -0.15) is 0 Å². The summed E-state index contributed by atoms with van der Waals surface area (Å²) in [6, 6.07) is 7.66. The normalized spacial score (nSPS) is 11.8. The Morgan fingerprint density at radius 1 is 1.10 bits per heavy atom. The third-order valence-electron chi connectivity index (χ3n) is 3.13. The van der Waals surface area contributed by atoms with E-state index in [1.165, 1.54) is 0 Å². The van der Waals surface area contributed by atoms with Crippen molar-refractivity contribution in [2.24, 2.45) is 5.92 Å². The second-order valence-corrected chi connectivity index (χ2v) is 5.73. The minimum absolute atomic E-state index is 0.00972. The van der Waals surface area contributed by atoms with E-state index in [1.807, 2.05) is 68.3 Å². The molecule has 0 fully saturated rings. The average molecular weight is 290 g/mol. The Hall–Kier alpha value is -1.65. The highest BCUT2D eigenvalue weighted by molar-refractivity contribution is 5.95. The van der Waals surface area contributed by atoms with Gasteiger partial charge in [0.25, 0.3) is 0 Å². The van der Waals surface area contributed by atoms with Crippen LogP contribution in [0.5, 0.6) is 5.75 Å². The van der Waals surface area contributed by atoms with Gasteiger partial charge in [-0.05, 0) is 52.0 Å². The molecule has 0 aliphatic rings. The average Bonchev–Trinajstić information content (AvgIpc) is 2.43. The highest BCUT2D eigenvalue weighted by atomic mass is 16.5. The molecule has 0 saturated carbocycles. The number of methoxy groups -OCH3 is 1. The number of ketones is 1. The molecule has 0 amide bonds. The topological polar surface area (TPSA) is 32.8 Å². The van der Waals surface area contributed by atoms with Gasteiger partial charge in [0.2, 0.25) is 0 Å². The van der Waals surface area contributed by atoms with Crippen molar-refractivity contribution < 1.29 is 9.53 Å². The molecule has 0 saturated heterocycles. The minimum atomic E-state index is -0.00972. The number of carbonyl (C=O) groups excluding carboxylic acids is 1. The summed E-state index contributed by atoms with van der Waals surface area (Å²) in [7, 11) is 9.60. The van der Waals surface area contributed by atoms with Gasteiger partial charge in [-0.25, -0.2) is 0 Å². The highest BCUT2D eigenvalue weighted by Crippen LogP contribution is 2.13. The van der Waals surface area contributed by atoms with E-state index in [9.17, 15) is 4.79 Å². The van der Waals surface area contributed by atoms with Gasteiger partial charge in [0.15, 0.2) is 5.78 Å². The Morgan fingerprint density at radius 2 is 1.62 bits per heavy atom. The molecule has 116 valence electrons. The van der Waals surface area contributed by atoms with Crippen molar-refractivity contribution in [3.8, 4) is 5.75 Å². The van der Waals surface area contributed by atoms with Crippen LogP contribution in [0.2, 0.25) is 0 Å². The maximum Gasteiger partial charge on any atom is 0.161 e. The fourth-order valence-corrected chi connectivity index (χ4v) is 2.15. The van der Waals surface area contributed by atoms with Gasteiger partial charge in [0.1, 0.15) is 5.75 Å². The van der Waals surface area contributed by atoms with E-state index in [0.717, 1.165) is 24.4 Å². The maximum absolute atomic E-state index is 12.3. The second kappa shape index (κ2) is 8.60. The van der Waals surface area contributed by atoms with Crippen LogP contribution < -0.4 is 4.74 Å². The fraction of sp³-hybridized carbons (Fsp3) is 0.471. The van der Waals surface area contributed by atoms with Gasteiger partial charge < -0.3 is 14.5 Å². The predicted molar refractivity (Wildman–Crippen MR) is 87.6 cm³/mol. The first-order chi connectivity index (χ1) is 9.92. The zero-order valence-corrected chi connectivity index (χ0v) is 13.7. The minimum Gasteiger partial charge on any atom is -0.497 e. The lowest BCUT2D eigenvalue weighted by Crippen LogP contribution is -2.34. The first kappa shape index (κ1) is 17.4. The molecule has 0 unspecified atom stereocenters. The van der Waals surface area contributed by atoms with Crippen molar-refractivity contribution in [3.63, 3.8) is 0 Å². The molecule has 1 rings (SSSR count). The van der Waals surface area contributed by atoms with E-state index < -0.39 is 0 Å². The number of allylic oxidation sites excluding steroid dienone is 1. The Bertz CT molecular complexity index is 454. The number of nitrogens with zero attached hydrogens (tertiary/aromatic N) is 2. The quantitative estimate of drug-likeness (QED) is 0.686. The number of benzene rings is 1. The van der Waals surface area contributed by atoms with Crippen LogP contribution in [0.4, 0.5) is 0 Å². The Labute approximate surface area is 128 Å². The third-order valence-corrected chi connectivity index (χ3v) is 3.13. The van der Waals surface area contributed by atoms with Crippen molar-refractivity contribution >= 4 is 11.9 Å². The van der Waals surface area contributed by atoms with Crippen molar-refractivity contribution in [1.82, 2.24) is 9.80 Å². The van der Waals surface area contributed by atoms with Crippen molar-refractivity contribution in [1.29, 1.82) is 0 Å². The summed E-state index contributed by atoms with van der Waals surface area (Å²) >= 11 is 0. The monoisotopic (exact) mass is 290 g/mol. The lowest BCUT2D eigenvalue weighted by Gasteiger charge is -2.22. The molecule has 0 aliphatic heterocycles. The zero-order valence-electron chi connectivity index (χ0n) is 13.7. The first-order valence-corrected chi connectivity index (χ1v) is 7.08. The highest BCUT2D eigenvalue weighted by Gasteiger charge is 2.17. The van der Waals surface area contributed by atoms with Crippen LogP contribution in [0.15, 0.2) is 30.3 Å². The van der Waals surface area contributed by atoms with Gasteiger partial charge in [-0.3, -0.25) is 4.79 Å². The van der Waals surface area contributed by atoms with E-state index in [1.54, 1.807) is 13.2 Å². The Balaban J connectivity index is 2.71. The summed E-state index contributed by atoms with van der Waals surface area (Å²) < 4.78 is 5.12. The van der Waals surface area contributed by atoms with Crippen LogP contribution in [0.3, 0.4) is 0 Å². The van der Waals surface area contributed by atoms with Crippen molar-refractivity contribution in [2.45, 2.75) is 0 Å². The number of rotatable bonds is 8. The fourth-order valence-electron chi connectivity index (χ4n) is 2.15. The Kier molecular flexibility index (Phi) is 7.12. The van der Waals surface area contributed by atoms with Gasteiger partial charge in [0.05, 0.1) is 7.11 Å². The van der Waals surface area contributed by atoms with Crippen LogP contribution >= 0.6 is 0 Å². The van der Waals surface area contributed by atoms with E-state index in [4.69, 9.17) is 4.74 Å². The molecule has 0 atom stereocenters. The molecule has 4 heteroatoms. The molecule has 0 heterocycles. The number of carbonyl (C=O) groups is 1. The summed E-state index contributed by atoms with van der Waals surface area (Å²) in [5.74, 6) is 0.967. The summed E-state index contributed by atoms with van der Waals surface area (Å²) in [5, 5.41) is 0. The SMILES string of the molecule is COc1ccc(/C=C/C(=O)C(CN(C)C)CN(C)C)cc1. The smallest absolute Gasteiger partial charge is 0.161 e.